The second-order valence-electron chi connectivity index (χ2n) is 4.53. The Balaban J connectivity index is 1.93. The van der Waals surface area contributed by atoms with Crippen molar-refractivity contribution in [2.24, 2.45) is 5.92 Å². The van der Waals surface area contributed by atoms with Crippen LogP contribution in [0.3, 0.4) is 0 Å². The number of carboxylic acid groups (broad SMARTS) is 1. The van der Waals surface area contributed by atoms with Crippen LogP contribution < -0.4 is 0 Å². The zero-order valence-electron chi connectivity index (χ0n) is 10.1. The van der Waals surface area contributed by atoms with Crippen molar-refractivity contribution in [3.8, 4) is 0 Å². The third-order valence-electron chi connectivity index (χ3n) is 3.28. The average molecular weight is 254 g/mol. The number of nitrogens with zero attached hydrogens (tertiary/aromatic N) is 2. The molecule has 0 bridgehead atoms. The predicted octanol–water partition coefficient (Wildman–Crippen LogP) is 2.12. The fourth-order valence-corrected chi connectivity index (χ4v) is 3.23. The number of piperidine rings is 1. The molecule has 1 unspecified atom stereocenters. The monoisotopic (exact) mass is 254 g/mol. The fourth-order valence-electron chi connectivity index (χ4n) is 2.36. The van der Waals surface area contributed by atoms with E-state index in [0.717, 1.165) is 24.5 Å². The number of hydrogen-bond acceptors (Lipinski definition) is 4. The third-order valence-corrected chi connectivity index (χ3v) is 4.29. The first-order valence-corrected chi connectivity index (χ1v) is 6.91. The molecule has 4 nitrogen and oxygen atoms in total. The summed E-state index contributed by atoms with van der Waals surface area (Å²) in [7, 11) is 0. The van der Waals surface area contributed by atoms with Crippen LogP contribution in [-0.4, -0.2) is 40.6 Å². The average Bonchev–Trinajstić information content (AvgIpc) is 2.78. The summed E-state index contributed by atoms with van der Waals surface area (Å²) in [5.41, 5.74) is 0. The lowest BCUT2D eigenvalue weighted by molar-refractivity contribution is 0.0702. The van der Waals surface area contributed by atoms with Crippen molar-refractivity contribution < 1.29 is 9.90 Å². The molecule has 1 aromatic heterocycles. The fraction of sp³-hybridized carbons (Fsp3) is 0.667. The highest BCUT2D eigenvalue weighted by molar-refractivity contribution is 7.13. The second-order valence-corrected chi connectivity index (χ2v) is 5.64. The molecule has 0 radical (unpaired) electrons. The Kier molecular flexibility index (Phi) is 4.12. The number of carbonyl (C=O) groups is 1. The van der Waals surface area contributed by atoms with E-state index < -0.39 is 5.97 Å². The summed E-state index contributed by atoms with van der Waals surface area (Å²) in [5.74, 6) is -0.232. The largest absolute Gasteiger partial charge is 0.477 e. The summed E-state index contributed by atoms with van der Waals surface area (Å²) < 4.78 is 0. The standard InChI is InChI=1S/C12H18N2O2S/c1-2-14-5-3-4-9(8-14)6-11-13-7-10(17-11)12(15)16/h7,9H,2-6,8H2,1H3,(H,15,16). The summed E-state index contributed by atoms with van der Waals surface area (Å²) >= 11 is 1.31. The zero-order valence-corrected chi connectivity index (χ0v) is 10.9. The second kappa shape index (κ2) is 5.60. The summed E-state index contributed by atoms with van der Waals surface area (Å²) in [5, 5.41) is 9.81. The van der Waals surface area contributed by atoms with Crippen molar-refractivity contribution in [2.45, 2.75) is 26.2 Å². The van der Waals surface area contributed by atoms with Crippen molar-refractivity contribution in [1.29, 1.82) is 0 Å². The van der Waals surface area contributed by atoms with Gasteiger partial charge in [-0.25, -0.2) is 9.78 Å². The number of likely N-dealkylation sites (tertiary alicyclic amines) is 1. The van der Waals surface area contributed by atoms with Crippen LogP contribution >= 0.6 is 11.3 Å². The van der Waals surface area contributed by atoms with Gasteiger partial charge in [-0.05, 0) is 31.8 Å². The molecule has 0 aromatic carbocycles. The lowest BCUT2D eigenvalue weighted by Gasteiger charge is -2.31. The van der Waals surface area contributed by atoms with Crippen LogP contribution in [0.4, 0.5) is 0 Å². The molecular formula is C12H18N2O2S. The molecule has 5 heteroatoms. The van der Waals surface area contributed by atoms with Gasteiger partial charge in [-0.2, -0.15) is 0 Å². The van der Waals surface area contributed by atoms with Gasteiger partial charge in [0.25, 0.3) is 0 Å². The van der Waals surface area contributed by atoms with E-state index in [1.807, 2.05) is 0 Å². The van der Waals surface area contributed by atoms with E-state index in [9.17, 15) is 4.79 Å². The summed E-state index contributed by atoms with van der Waals surface area (Å²) in [6.07, 6.45) is 4.88. The molecule has 1 aliphatic heterocycles. The first kappa shape index (κ1) is 12.5. The molecule has 1 N–H and O–H groups in total. The van der Waals surface area contributed by atoms with Crippen molar-refractivity contribution >= 4 is 17.3 Å². The van der Waals surface area contributed by atoms with Gasteiger partial charge < -0.3 is 10.0 Å². The Hall–Kier alpha value is -0.940. The molecule has 1 fully saturated rings. The molecule has 17 heavy (non-hydrogen) atoms. The van der Waals surface area contributed by atoms with E-state index in [1.54, 1.807) is 0 Å². The van der Waals surface area contributed by atoms with E-state index in [-0.39, 0.29) is 0 Å². The van der Waals surface area contributed by atoms with Gasteiger partial charge in [-0.1, -0.05) is 6.92 Å². The molecule has 94 valence electrons. The van der Waals surface area contributed by atoms with Gasteiger partial charge in [0, 0.05) is 13.0 Å². The number of rotatable bonds is 4. The number of thiazole rings is 1. The van der Waals surface area contributed by atoms with Crippen LogP contribution in [-0.2, 0) is 6.42 Å². The van der Waals surface area contributed by atoms with Gasteiger partial charge in [0.1, 0.15) is 4.88 Å². The Morgan fingerprint density at radius 2 is 2.53 bits per heavy atom. The van der Waals surface area contributed by atoms with Crippen LogP contribution in [0.5, 0.6) is 0 Å². The molecule has 0 saturated carbocycles. The van der Waals surface area contributed by atoms with Crippen molar-refractivity contribution in [3.05, 3.63) is 16.1 Å². The van der Waals surface area contributed by atoms with E-state index in [2.05, 4.69) is 16.8 Å². The Bertz CT molecular complexity index is 392. The summed E-state index contributed by atoms with van der Waals surface area (Å²) in [4.78, 5) is 17.8. The van der Waals surface area contributed by atoms with Crippen molar-refractivity contribution in [2.75, 3.05) is 19.6 Å². The minimum Gasteiger partial charge on any atom is -0.477 e. The van der Waals surface area contributed by atoms with Gasteiger partial charge in [0.2, 0.25) is 0 Å². The molecule has 0 amide bonds. The maximum Gasteiger partial charge on any atom is 0.347 e. The van der Waals surface area contributed by atoms with Crippen molar-refractivity contribution in [3.63, 3.8) is 0 Å². The van der Waals surface area contributed by atoms with E-state index in [1.165, 1.54) is 36.9 Å². The Morgan fingerprint density at radius 3 is 3.18 bits per heavy atom. The minimum atomic E-state index is -0.868. The first-order chi connectivity index (χ1) is 8.19. The molecule has 1 aliphatic rings. The molecule has 1 atom stereocenters. The maximum atomic E-state index is 10.8. The molecule has 1 saturated heterocycles. The number of carboxylic acids is 1. The molecule has 2 heterocycles. The Morgan fingerprint density at radius 1 is 1.71 bits per heavy atom. The highest BCUT2D eigenvalue weighted by Gasteiger charge is 2.20. The molecular weight excluding hydrogens is 236 g/mol. The molecule has 1 aromatic rings. The van der Waals surface area contributed by atoms with Crippen LogP contribution in [0.2, 0.25) is 0 Å². The molecule has 0 aliphatic carbocycles. The lowest BCUT2D eigenvalue weighted by Crippen LogP contribution is -2.35. The van der Waals surface area contributed by atoms with Crippen LogP contribution in [0, 0.1) is 5.92 Å². The van der Waals surface area contributed by atoms with Crippen LogP contribution in [0.25, 0.3) is 0 Å². The normalized spacial score (nSPS) is 21.6. The van der Waals surface area contributed by atoms with Gasteiger partial charge >= 0.3 is 5.97 Å². The zero-order chi connectivity index (χ0) is 12.3. The van der Waals surface area contributed by atoms with Gasteiger partial charge in [-0.15, -0.1) is 11.3 Å². The van der Waals surface area contributed by atoms with Gasteiger partial charge in [0.15, 0.2) is 0 Å². The smallest absolute Gasteiger partial charge is 0.347 e. The van der Waals surface area contributed by atoms with E-state index in [0.29, 0.717) is 10.8 Å². The summed E-state index contributed by atoms with van der Waals surface area (Å²) in [6, 6.07) is 0. The van der Waals surface area contributed by atoms with Gasteiger partial charge in [0.05, 0.1) is 11.2 Å². The SMILES string of the molecule is CCN1CCCC(Cc2ncc(C(=O)O)s2)C1. The predicted molar refractivity (Wildman–Crippen MR) is 67.6 cm³/mol. The molecule has 2 rings (SSSR count). The van der Waals surface area contributed by atoms with Crippen LogP contribution in [0.1, 0.15) is 34.4 Å². The Labute approximate surface area is 105 Å². The van der Waals surface area contributed by atoms with Gasteiger partial charge in [-0.3, -0.25) is 0 Å². The highest BCUT2D eigenvalue weighted by Crippen LogP contribution is 2.23. The number of hydrogen-bond donors (Lipinski definition) is 1. The minimum absolute atomic E-state index is 0.350. The van der Waals surface area contributed by atoms with E-state index >= 15 is 0 Å². The van der Waals surface area contributed by atoms with E-state index in [4.69, 9.17) is 5.11 Å². The first-order valence-electron chi connectivity index (χ1n) is 6.09. The third kappa shape index (κ3) is 3.26. The topological polar surface area (TPSA) is 53.4 Å². The van der Waals surface area contributed by atoms with Crippen LogP contribution in [0.15, 0.2) is 6.20 Å². The molecule has 0 spiro atoms. The highest BCUT2D eigenvalue weighted by atomic mass is 32.1. The number of aromatic carboxylic acids is 1. The lowest BCUT2D eigenvalue weighted by atomic mass is 9.95. The summed E-state index contributed by atoms with van der Waals surface area (Å²) in [6.45, 7) is 5.62. The maximum absolute atomic E-state index is 10.8. The number of aromatic nitrogens is 1. The quantitative estimate of drug-likeness (QED) is 0.894. The van der Waals surface area contributed by atoms with Crippen molar-refractivity contribution in [1.82, 2.24) is 9.88 Å².